The van der Waals surface area contributed by atoms with Crippen LogP contribution in [-0.4, -0.2) is 5.78 Å². The van der Waals surface area contributed by atoms with Crippen LogP contribution in [0.4, 0.5) is 0 Å². The predicted octanol–water partition coefficient (Wildman–Crippen LogP) is 8.01. The van der Waals surface area contributed by atoms with E-state index in [4.69, 9.17) is 0 Å². The van der Waals surface area contributed by atoms with E-state index in [-0.39, 0.29) is 0 Å². The molecule has 30 heavy (non-hydrogen) atoms. The fourth-order valence-corrected chi connectivity index (χ4v) is 8.49. The molecule has 0 radical (unpaired) electrons. The van der Waals surface area contributed by atoms with Crippen LogP contribution in [0.1, 0.15) is 99.3 Å². The maximum Gasteiger partial charge on any atom is 0.133 e. The molecule has 1 nitrogen and oxygen atoms in total. The third-order valence-corrected chi connectivity index (χ3v) is 10.6. The Bertz CT molecular complexity index is 714. The molecule has 4 rings (SSSR count). The van der Waals surface area contributed by atoms with Crippen LogP contribution in [0.3, 0.4) is 0 Å². The Morgan fingerprint density at radius 2 is 1.77 bits per heavy atom. The summed E-state index contributed by atoms with van der Waals surface area (Å²) < 4.78 is 0. The molecule has 0 aliphatic heterocycles. The summed E-state index contributed by atoms with van der Waals surface area (Å²) in [5.41, 5.74) is 2.68. The number of Topliss-reactive ketones (excluding diaryl/α,β-unsaturated/α-hetero) is 1. The third-order valence-electron chi connectivity index (χ3n) is 10.6. The second-order valence-electron chi connectivity index (χ2n) is 12.3. The van der Waals surface area contributed by atoms with Gasteiger partial charge in [-0.25, -0.2) is 0 Å². The fourth-order valence-electron chi connectivity index (χ4n) is 8.49. The van der Waals surface area contributed by atoms with Crippen LogP contribution >= 0.6 is 0 Å². The highest BCUT2D eigenvalue weighted by Crippen LogP contribution is 2.66. The van der Waals surface area contributed by atoms with Gasteiger partial charge < -0.3 is 0 Å². The maximum absolute atomic E-state index is 12.1. The van der Waals surface area contributed by atoms with Gasteiger partial charge in [-0.15, -0.1) is 0 Å². The number of fused-ring (bicyclic) bond motifs is 5. The van der Waals surface area contributed by atoms with Crippen LogP contribution in [-0.2, 0) is 4.79 Å². The number of hydrogen-bond donors (Lipinski definition) is 0. The highest BCUT2D eigenvalue weighted by atomic mass is 16.1. The molecule has 0 aromatic rings. The van der Waals surface area contributed by atoms with Gasteiger partial charge in [-0.05, 0) is 97.2 Å². The van der Waals surface area contributed by atoms with Crippen LogP contribution in [0.5, 0.6) is 0 Å². The summed E-state index contributed by atoms with van der Waals surface area (Å²) >= 11 is 0. The van der Waals surface area contributed by atoms with E-state index < -0.39 is 0 Å². The van der Waals surface area contributed by atoms with E-state index >= 15 is 0 Å². The van der Waals surface area contributed by atoms with Crippen LogP contribution in [0.2, 0.25) is 0 Å². The second-order valence-corrected chi connectivity index (χ2v) is 12.3. The Hall–Kier alpha value is -0.850. The van der Waals surface area contributed by atoms with Gasteiger partial charge in [0, 0.05) is 12.8 Å². The zero-order valence-corrected chi connectivity index (χ0v) is 20.5. The summed E-state index contributed by atoms with van der Waals surface area (Å²) in [7, 11) is 0. The minimum Gasteiger partial charge on any atom is -0.300 e. The van der Waals surface area contributed by atoms with Crippen molar-refractivity contribution in [3.05, 3.63) is 23.8 Å². The average molecular weight is 411 g/mol. The van der Waals surface area contributed by atoms with Gasteiger partial charge in [-0.1, -0.05) is 65.3 Å². The molecular formula is C29H46O. The molecule has 0 heterocycles. The van der Waals surface area contributed by atoms with Crippen LogP contribution in [0, 0.1) is 52.3 Å². The van der Waals surface area contributed by atoms with E-state index in [0.29, 0.717) is 28.4 Å². The lowest BCUT2D eigenvalue weighted by molar-refractivity contribution is -0.127. The van der Waals surface area contributed by atoms with Gasteiger partial charge in [0.1, 0.15) is 5.78 Å². The quantitative estimate of drug-likeness (QED) is 0.419. The van der Waals surface area contributed by atoms with E-state index in [1.54, 1.807) is 0 Å². The van der Waals surface area contributed by atoms with E-state index in [9.17, 15) is 4.79 Å². The first-order valence-electron chi connectivity index (χ1n) is 13.1. The lowest BCUT2D eigenvalue weighted by atomic mass is 9.48. The molecule has 0 saturated heterocycles. The number of carbonyl (C=O) groups is 1. The lowest BCUT2D eigenvalue weighted by Crippen LogP contribution is -2.49. The van der Waals surface area contributed by atoms with Crippen molar-refractivity contribution in [2.45, 2.75) is 99.3 Å². The Labute approximate surface area is 186 Å². The topological polar surface area (TPSA) is 17.1 Å². The van der Waals surface area contributed by atoms with Crippen LogP contribution in [0.15, 0.2) is 23.8 Å². The third kappa shape index (κ3) is 3.57. The summed E-state index contributed by atoms with van der Waals surface area (Å²) in [6.07, 6.45) is 18.5. The van der Waals surface area contributed by atoms with Gasteiger partial charge in [0.05, 0.1) is 0 Å². The largest absolute Gasteiger partial charge is 0.300 e. The van der Waals surface area contributed by atoms with Gasteiger partial charge in [0.2, 0.25) is 0 Å². The Balaban J connectivity index is 1.54. The molecule has 3 fully saturated rings. The Kier molecular flexibility index (Phi) is 6.15. The molecule has 168 valence electrons. The standard InChI is InChI=1S/C29H46O/c1-7-21(19(2)3)9-8-20(4)25-12-13-26-24-11-10-22-18-23(30)14-16-28(22,5)27(24)15-17-29(25,26)6/h8-9,11,19-22,25-27H,7,10,12-18H2,1-6H3/b9-8+/t20-,21+,22-,25+,26+,27-,28-,29+/m0/s1. The van der Waals surface area contributed by atoms with Gasteiger partial charge in [-0.3, -0.25) is 4.79 Å². The first kappa shape index (κ1) is 22.3. The summed E-state index contributed by atoms with van der Waals surface area (Å²) in [6, 6.07) is 0. The van der Waals surface area contributed by atoms with Gasteiger partial charge in [0.25, 0.3) is 0 Å². The van der Waals surface area contributed by atoms with Crippen molar-refractivity contribution in [3.63, 3.8) is 0 Å². The fraction of sp³-hybridized carbons (Fsp3) is 0.828. The summed E-state index contributed by atoms with van der Waals surface area (Å²) in [5.74, 6) is 5.63. The molecule has 4 aliphatic carbocycles. The summed E-state index contributed by atoms with van der Waals surface area (Å²) in [4.78, 5) is 12.1. The molecule has 0 spiro atoms. The van der Waals surface area contributed by atoms with Crippen molar-refractivity contribution in [1.29, 1.82) is 0 Å². The SMILES string of the molecule is CC[C@H](/C=C/[C@H](C)[C@H]1CC[C@@H]2C3=CC[C@H]4CC(=O)CC[C@]4(C)[C@H]3CC[C@@]21C)C(C)C. The molecule has 0 unspecified atom stereocenters. The minimum absolute atomic E-state index is 0.383. The molecule has 4 aliphatic rings. The van der Waals surface area contributed by atoms with E-state index in [1.807, 2.05) is 5.57 Å². The molecule has 1 heteroatoms. The lowest BCUT2D eigenvalue weighted by Gasteiger charge is -2.57. The molecule has 0 aromatic carbocycles. The number of hydrogen-bond acceptors (Lipinski definition) is 1. The van der Waals surface area contributed by atoms with Crippen molar-refractivity contribution in [3.8, 4) is 0 Å². The first-order valence-corrected chi connectivity index (χ1v) is 13.1. The van der Waals surface area contributed by atoms with Gasteiger partial charge in [0.15, 0.2) is 0 Å². The monoisotopic (exact) mass is 410 g/mol. The second kappa shape index (κ2) is 8.25. The Morgan fingerprint density at radius 1 is 1.03 bits per heavy atom. The molecule has 0 aromatic heterocycles. The first-order chi connectivity index (χ1) is 14.2. The minimum atomic E-state index is 0.383. The normalized spacial score (nSPS) is 43.2. The van der Waals surface area contributed by atoms with Crippen molar-refractivity contribution >= 4 is 5.78 Å². The molecule has 0 bridgehead atoms. The zero-order valence-electron chi connectivity index (χ0n) is 20.5. The number of ketones is 1. The molecule has 8 atom stereocenters. The number of rotatable bonds is 5. The molecule has 0 N–H and O–H groups in total. The van der Waals surface area contributed by atoms with Gasteiger partial charge >= 0.3 is 0 Å². The van der Waals surface area contributed by atoms with Crippen LogP contribution in [0.25, 0.3) is 0 Å². The Morgan fingerprint density at radius 3 is 2.47 bits per heavy atom. The van der Waals surface area contributed by atoms with Gasteiger partial charge in [-0.2, -0.15) is 0 Å². The van der Waals surface area contributed by atoms with Crippen molar-refractivity contribution in [2.75, 3.05) is 0 Å². The summed E-state index contributed by atoms with van der Waals surface area (Å²) in [5, 5.41) is 0. The highest BCUT2D eigenvalue weighted by molar-refractivity contribution is 5.79. The average Bonchev–Trinajstić information content (AvgIpc) is 3.06. The van der Waals surface area contributed by atoms with Crippen molar-refractivity contribution in [1.82, 2.24) is 0 Å². The highest BCUT2D eigenvalue weighted by Gasteiger charge is 2.58. The van der Waals surface area contributed by atoms with Crippen molar-refractivity contribution in [2.24, 2.45) is 52.3 Å². The molecule has 0 amide bonds. The van der Waals surface area contributed by atoms with E-state index in [1.165, 1.54) is 32.1 Å². The van der Waals surface area contributed by atoms with Crippen molar-refractivity contribution < 1.29 is 4.79 Å². The molecule has 3 saturated carbocycles. The van der Waals surface area contributed by atoms with Crippen LogP contribution < -0.4 is 0 Å². The smallest absolute Gasteiger partial charge is 0.133 e. The maximum atomic E-state index is 12.1. The predicted molar refractivity (Wildman–Crippen MR) is 127 cm³/mol. The number of allylic oxidation sites excluding steroid dienone is 4. The van der Waals surface area contributed by atoms with E-state index in [2.05, 4.69) is 59.8 Å². The zero-order chi connectivity index (χ0) is 21.7. The summed E-state index contributed by atoms with van der Waals surface area (Å²) in [6.45, 7) is 14.7. The number of carbonyl (C=O) groups excluding carboxylic acids is 1. The van der Waals surface area contributed by atoms with E-state index in [0.717, 1.165) is 55.3 Å². The molecular weight excluding hydrogens is 364 g/mol.